The molecule has 17 heavy (non-hydrogen) atoms. The van der Waals surface area contributed by atoms with Crippen molar-refractivity contribution in [2.24, 2.45) is 11.8 Å². The summed E-state index contributed by atoms with van der Waals surface area (Å²) in [4.78, 5) is 0. The summed E-state index contributed by atoms with van der Waals surface area (Å²) >= 11 is 0. The zero-order valence-corrected chi connectivity index (χ0v) is 13.5. The van der Waals surface area contributed by atoms with Crippen molar-refractivity contribution in [3.05, 3.63) is 12.7 Å². The van der Waals surface area contributed by atoms with E-state index in [9.17, 15) is 0 Å². The van der Waals surface area contributed by atoms with Gasteiger partial charge in [0.15, 0.2) is 8.32 Å². The molecule has 1 saturated carbocycles. The molecule has 0 aromatic rings. The summed E-state index contributed by atoms with van der Waals surface area (Å²) in [5.74, 6) is 1.59. The van der Waals surface area contributed by atoms with Crippen molar-refractivity contribution in [1.82, 2.24) is 0 Å². The Morgan fingerprint density at radius 1 is 1.29 bits per heavy atom. The van der Waals surface area contributed by atoms with Crippen LogP contribution >= 0.6 is 0 Å². The van der Waals surface area contributed by atoms with Crippen molar-refractivity contribution in [3.8, 4) is 0 Å². The highest BCUT2D eigenvalue weighted by Gasteiger charge is 2.41. The van der Waals surface area contributed by atoms with Crippen molar-refractivity contribution in [2.45, 2.75) is 71.2 Å². The van der Waals surface area contributed by atoms with E-state index in [4.69, 9.17) is 4.43 Å². The smallest absolute Gasteiger partial charge is 0.192 e. The largest absolute Gasteiger partial charge is 0.414 e. The van der Waals surface area contributed by atoms with Gasteiger partial charge in [0.2, 0.25) is 0 Å². The molecule has 1 aliphatic rings. The third-order valence-corrected chi connectivity index (χ3v) is 9.28. The first-order chi connectivity index (χ1) is 7.67. The lowest BCUT2D eigenvalue weighted by Crippen LogP contribution is -2.43. The number of rotatable bonds is 4. The van der Waals surface area contributed by atoms with Gasteiger partial charge in [0.25, 0.3) is 0 Å². The first kappa shape index (κ1) is 15.0. The molecule has 0 heterocycles. The van der Waals surface area contributed by atoms with Crippen LogP contribution in [-0.2, 0) is 4.43 Å². The molecule has 1 nitrogen and oxygen atoms in total. The highest BCUT2D eigenvalue weighted by Crippen LogP contribution is 2.42. The zero-order valence-electron chi connectivity index (χ0n) is 12.5. The Hall–Kier alpha value is -0.0831. The molecule has 1 rings (SSSR count). The molecule has 0 saturated heterocycles. The lowest BCUT2D eigenvalue weighted by Gasteiger charge is -2.38. The van der Waals surface area contributed by atoms with Gasteiger partial charge in [-0.25, -0.2) is 0 Å². The molecule has 0 aromatic carbocycles. The summed E-state index contributed by atoms with van der Waals surface area (Å²) < 4.78 is 6.51. The fraction of sp³-hybridized carbons (Fsp3) is 0.867. The molecule has 0 amide bonds. The Kier molecular flexibility index (Phi) is 4.65. The van der Waals surface area contributed by atoms with Crippen LogP contribution in [0.5, 0.6) is 0 Å². The monoisotopic (exact) mass is 254 g/mol. The van der Waals surface area contributed by atoms with E-state index in [1.54, 1.807) is 0 Å². The minimum absolute atomic E-state index is 0.326. The van der Waals surface area contributed by atoms with Gasteiger partial charge in [-0.1, -0.05) is 33.8 Å². The van der Waals surface area contributed by atoms with E-state index in [0.717, 1.165) is 18.3 Å². The Morgan fingerprint density at radius 2 is 1.88 bits per heavy atom. The molecule has 0 aliphatic heterocycles. The third kappa shape index (κ3) is 3.69. The minimum Gasteiger partial charge on any atom is -0.414 e. The van der Waals surface area contributed by atoms with Gasteiger partial charge in [-0.2, -0.15) is 0 Å². The van der Waals surface area contributed by atoms with E-state index in [2.05, 4.69) is 53.4 Å². The van der Waals surface area contributed by atoms with Crippen LogP contribution in [0.25, 0.3) is 0 Å². The van der Waals surface area contributed by atoms with Crippen LogP contribution in [0.1, 0.15) is 47.0 Å². The molecule has 3 atom stereocenters. The maximum atomic E-state index is 6.51. The van der Waals surface area contributed by atoms with Gasteiger partial charge in [-0.05, 0) is 49.2 Å². The maximum absolute atomic E-state index is 6.51. The first-order valence-electron chi connectivity index (χ1n) is 6.96. The molecule has 0 N–H and O–H groups in total. The van der Waals surface area contributed by atoms with E-state index in [0.29, 0.717) is 11.1 Å². The number of allylic oxidation sites excluding steroid dienone is 1. The van der Waals surface area contributed by atoms with Crippen molar-refractivity contribution < 1.29 is 4.43 Å². The standard InChI is InChI=1S/C15H30OSi/c1-8-9-13-11-14(10-12(13)2)16-17(6,7)15(3,4)5/h8,12-14H,1,9-11H2,2-7H3/t12-,13+,14-/m1/s1. The number of hydrogen-bond donors (Lipinski definition) is 0. The van der Waals surface area contributed by atoms with Crippen LogP contribution in [0.3, 0.4) is 0 Å². The Bertz CT molecular complexity index is 265. The molecule has 2 heteroatoms. The molecular formula is C15H30OSi. The van der Waals surface area contributed by atoms with Crippen LogP contribution in [0, 0.1) is 11.8 Å². The fourth-order valence-corrected chi connectivity index (χ4v) is 3.88. The molecule has 0 aromatic heterocycles. The second-order valence-electron chi connectivity index (χ2n) is 7.23. The summed E-state index contributed by atoms with van der Waals surface area (Å²) in [6, 6.07) is 0. The summed E-state index contributed by atoms with van der Waals surface area (Å²) in [7, 11) is -1.58. The summed E-state index contributed by atoms with van der Waals surface area (Å²) in [5, 5.41) is 0.326. The van der Waals surface area contributed by atoms with Crippen LogP contribution in [-0.4, -0.2) is 14.4 Å². The average Bonchev–Trinajstić information content (AvgIpc) is 2.44. The topological polar surface area (TPSA) is 9.23 Å². The average molecular weight is 254 g/mol. The quantitative estimate of drug-likeness (QED) is 0.507. The van der Waals surface area contributed by atoms with Crippen LogP contribution in [0.4, 0.5) is 0 Å². The van der Waals surface area contributed by atoms with Gasteiger partial charge >= 0.3 is 0 Å². The Labute approximate surface area is 109 Å². The van der Waals surface area contributed by atoms with Gasteiger partial charge in [-0.3, -0.25) is 0 Å². The maximum Gasteiger partial charge on any atom is 0.192 e. The predicted octanol–water partition coefficient (Wildman–Crippen LogP) is 5.00. The van der Waals surface area contributed by atoms with Crippen LogP contribution in [0.2, 0.25) is 18.1 Å². The zero-order chi connectivity index (χ0) is 13.3. The van der Waals surface area contributed by atoms with Crippen LogP contribution in [0.15, 0.2) is 12.7 Å². The van der Waals surface area contributed by atoms with Gasteiger partial charge in [-0.15, -0.1) is 6.58 Å². The molecule has 100 valence electrons. The van der Waals surface area contributed by atoms with Gasteiger partial charge in [0.1, 0.15) is 0 Å². The van der Waals surface area contributed by atoms with Gasteiger partial charge in [0.05, 0.1) is 0 Å². The second-order valence-corrected chi connectivity index (χ2v) is 12.0. The van der Waals surface area contributed by atoms with E-state index in [-0.39, 0.29) is 0 Å². The van der Waals surface area contributed by atoms with E-state index < -0.39 is 8.32 Å². The molecule has 0 spiro atoms. The summed E-state index contributed by atoms with van der Waals surface area (Å²) in [5.41, 5.74) is 0. The lowest BCUT2D eigenvalue weighted by molar-refractivity contribution is 0.181. The van der Waals surface area contributed by atoms with Gasteiger partial charge < -0.3 is 4.43 Å². The van der Waals surface area contributed by atoms with Crippen molar-refractivity contribution >= 4 is 8.32 Å². The predicted molar refractivity (Wildman–Crippen MR) is 78.8 cm³/mol. The second kappa shape index (κ2) is 5.27. The highest BCUT2D eigenvalue weighted by molar-refractivity contribution is 6.74. The molecule has 1 fully saturated rings. The molecule has 0 unspecified atom stereocenters. The van der Waals surface area contributed by atoms with Crippen molar-refractivity contribution in [1.29, 1.82) is 0 Å². The van der Waals surface area contributed by atoms with Crippen molar-refractivity contribution in [2.75, 3.05) is 0 Å². The SMILES string of the molecule is C=CC[C@H]1C[C@H](O[Si](C)(C)C(C)(C)C)C[C@H]1C. The van der Waals surface area contributed by atoms with Gasteiger partial charge in [0, 0.05) is 6.10 Å². The first-order valence-corrected chi connectivity index (χ1v) is 9.87. The molecule has 0 radical (unpaired) electrons. The summed E-state index contributed by atoms with van der Waals surface area (Å²) in [6.07, 6.45) is 6.19. The van der Waals surface area contributed by atoms with Crippen molar-refractivity contribution in [3.63, 3.8) is 0 Å². The normalized spacial score (nSPS) is 30.6. The van der Waals surface area contributed by atoms with E-state index >= 15 is 0 Å². The van der Waals surface area contributed by atoms with E-state index in [1.165, 1.54) is 12.8 Å². The summed E-state index contributed by atoms with van der Waals surface area (Å²) in [6.45, 7) is 17.9. The Morgan fingerprint density at radius 3 is 2.35 bits per heavy atom. The minimum atomic E-state index is -1.58. The van der Waals surface area contributed by atoms with E-state index in [1.807, 2.05) is 0 Å². The Balaban J connectivity index is 2.58. The fourth-order valence-electron chi connectivity index (χ4n) is 2.51. The lowest BCUT2D eigenvalue weighted by atomic mass is 9.95. The third-order valence-electron chi connectivity index (χ3n) is 4.74. The highest BCUT2D eigenvalue weighted by atomic mass is 28.4. The van der Waals surface area contributed by atoms with Crippen LogP contribution < -0.4 is 0 Å². The molecule has 0 bridgehead atoms. The molecule has 1 aliphatic carbocycles. The number of hydrogen-bond acceptors (Lipinski definition) is 1. The molecular weight excluding hydrogens is 224 g/mol.